The van der Waals surface area contributed by atoms with Crippen LogP contribution in [0.5, 0.6) is 0 Å². The number of carbonyl (C=O) groups excluding carboxylic acids is 2. The van der Waals surface area contributed by atoms with Gasteiger partial charge in [0, 0.05) is 12.1 Å². The average molecular weight is 192 g/mol. The predicted molar refractivity (Wildman–Crippen MR) is 53.0 cm³/mol. The van der Waals surface area contributed by atoms with E-state index >= 15 is 0 Å². The highest BCUT2D eigenvalue weighted by Crippen LogP contribution is 1.97. The summed E-state index contributed by atoms with van der Waals surface area (Å²) in [5, 5.41) is 4.68. The molecule has 14 heavy (non-hydrogen) atoms. The van der Waals surface area contributed by atoms with Crippen LogP contribution in [0, 0.1) is 0 Å². The van der Waals surface area contributed by atoms with Gasteiger partial charge in [0.15, 0.2) is 0 Å². The lowest BCUT2D eigenvalue weighted by atomic mass is 10.2. The van der Waals surface area contributed by atoms with Crippen molar-refractivity contribution in [2.45, 2.75) is 6.92 Å². The predicted octanol–water partition coefficient (Wildman–Crippen LogP) is 1.15. The van der Waals surface area contributed by atoms with Gasteiger partial charge >= 0.3 is 6.03 Å². The molecule has 1 rings (SSSR count). The molecule has 0 saturated heterocycles. The number of urea groups is 1. The minimum atomic E-state index is -0.471. The Morgan fingerprint density at radius 3 is 2.43 bits per heavy atom. The second-order valence-corrected chi connectivity index (χ2v) is 2.68. The molecule has 3 amide bonds. The summed E-state index contributed by atoms with van der Waals surface area (Å²) in [5.41, 5.74) is 0.471. The number of carbonyl (C=O) groups is 2. The van der Waals surface area contributed by atoms with Gasteiger partial charge in [-0.15, -0.1) is 0 Å². The second kappa shape index (κ2) is 5.01. The van der Waals surface area contributed by atoms with E-state index in [1.54, 1.807) is 31.2 Å². The summed E-state index contributed by atoms with van der Waals surface area (Å²) in [4.78, 5) is 22.3. The Labute approximate surface area is 82.3 Å². The van der Waals surface area contributed by atoms with Crippen molar-refractivity contribution < 1.29 is 9.59 Å². The molecule has 0 fully saturated rings. The van der Waals surface area contributed by atoms with Crippen molar-refractivity contribution in [3.8, 4) is 0 Å². The highest BCUT2D eigenvalue weighted by Gasteiger charge is 2.07. The van der Waals surface area contributed by atoms with E-state index in [1.807, 2.05) is 6.07 Å². The molecule has 0 spiro atoms. The van der Waals surface area contributed by atoms with Crippen molar-refractivity contribution in [1.29, 1.82) is 0 Å². The third-order valence-corrected chi connectivity index (χ3v) is 1.60. The fraction of sp³-hybridized carbons (Fsp3) is 0.200. The molecule has 0 heterocycles. The Kier molecular flexibility index (Phi) is 3.67. The van der Waals surface area contributed by atoms with Crippen LogP contribution >= 0.6 is 0 Å². The van der Waals surface area contributed by atoms with E-state index in [9.17, 15) is 9.59 Å². The molecular weight excluding hydrogens is 180 g/mol. The van der Waals surface area contributed by atoms with Crippen molar-refractivity contribution in [2.24, 2.45) is 0 Å². The van der Waals surface area contributed by atoms with Gasteiger partial charge in [-0.1, -0.05) is 18.2 Å². The summed E-state index contributed by atoms with van der Waals surface area (Å²) < 4.78 is 0. The maximum atomic E-state index is 11.4. The van der Waals surface area contributed by atoms with Crippen molar-refractivity contribution >= 4 is 11.9 Å². The molecule has 74 valence electrons. The topological polar surface area (TPSA) is 58.2 Å². The Morgan fingerprint density at radius 2 is 1.86 bits per heavy atom. The number of imide groups is 1. The standard InChI is InChI=1S/C10H12N2O2/c1-2-11-10(14)12-9(13)8-6-4-3-5-7-8/h3-7H,2H2,1H3,(H2,11,12,13,14). The summed E-state index contributed by atoms with van der Waals surface area (Å²) in [7, 11) is 0. The maximum absolute atomic E-state index is 11.4. The SMILES string of the molecule is CCNC(=O)NC(=O)c1ccccc1. The molecule has 0 unspecified atom stereocenters. The van der Waals surface area contributed by atoms with Gasteiger partial charge in [0.1, 0.15) is 0 Å². The van der Waals surface area contributed by atoms with Gasteiger partial charge in [-0.05, 0) is 19.1 Å². The third kappa shape index (κ3) is 2.90. The Hall–Kier alpha value is -1.84. The summed E-state index contributed by atoms with van der Waals surface area (Å²) in [5.74, 6) is -0.392. The van der Waals surface area contributed by atoms with E-state index in [-0.39, 0.29) is 0 Å². The number of benzene rings is 1. The number of hydrogen-bond acceptors (Lipinski definition) is 2. The lowest BCUT2D eigenvalue weighted by molar-refractivity contribution is 0.0964. The van der Waals surface area contributed by atoms with Gasteiger partial charge in [0.25, 0.3) is 5.91 Å². The Bertz CT molecular complexity index is 322. The third-order valence-electron chi connectivity index (χ3n) is 1.60. The highest BCUT2D eigenvalue weighted by atomic mass is 16.2. The van der Waals surface area contributed by atoms with Crippen molar-refractivity contribution in [3.05, 3.63) is 35.9 Å². The lowest BCUT2D eigenvalue weighted by Gasteiger charge is -2.03. The van der Waals surface area contributed by atoms with Crippen LogP contribution in [0.1, 0.15) is 17.3 Å². The molecule has 0 aliphatic carbocycles. The summed E-state index contributed by atoms with van der Waals surface area (Å²) in [6.45, 7) is 2.28. The van der Waals surface area contributed by atoms with E-state index < -0.39 is 11.9 Å². The van der Waals surface area contributed by atoms with Crippen molar-refractivity contribution in [3.63, 3.8) is 0 Å². The smallest absolute Gasteiger partial charge is 0.321 e. The fourth-order valence-electron chi connectivity index (χ4n) is 0.970. The number of nitrogens with one attached hydrogen (secondary N) is 2. The molecule has 2 N–H and O–H groups in total. The minimum absolute atomic E-state index is 0.392. The second-order valence-electron chi connectivity index (χ2n) is 2.68. The van der Waals surface area contributed by atoms with Gasteiger partial charge in [0.05, 0.1) is 0 Å². The van der Waals surface area contributed by atoms with E-state index in [0.29, 0.717) is 12.1 Å². The minimum Gasteiger partial charge on any atom is -0.338 e. The van der Waals surface area contributed by atoms with Crippen LogP contribution < -0.4 is 10.6 Å². The van der Waals surface area contributed by atoms with Gasteiger partial charge in [0.2, 0.25) is 0 Å². The van der Waals surface area contributed by atoms with E-state index in [0.717, 1.165) is 0 Å². The first-order chi connectivity index (χ1) is 6.74. The van der Waals surface area contributed by atoms with Crippen LogP contribution in [-0.2, 0) is 0 Å². The van der Waals surface area contributed by atoms with E-state index in [1.165, 1.54) is 0 Å². The van der Waals surface area contributed by atoms with Crippen LogP contribution in [-0.4, -0.2) is 18.5 Å². The molecule has 0 radical (unpaired) electrons. The zero-order valence-electron chi connectivity index (χ0n) is 7.91. The van der Waals surface area contributed by atoms with Gasteiger partial charge in [-0.25, -0.2) is 4.79 Å². The van der Waals surface area contributed by atoms with Crippen LogP contribution in [0.3, 0.4) is 0 Å². The van der Waals surface area contributed by atoms with Crippen LogP contribution in [0.15, 0.2) is 30.3 Å². The van der Waals surface area contributed by atoms with Gasteiger partial charge in [-0.2, -0.15) is 0 Å². The molecule has 4 nitrogen and oxygen atoms in total. The molecule has 1 aromatic carbocycles. The lowest BCUT2D eigenvalue weighted by Crippen LogP contribution is -2.39. The van der Waals surface area contributed by atoms with Crippen LogP contribution in [0.4, 0.5) is 4.79 Å². The first-order valence-electron chi connectivity index (χ1n) is 4.38. The fourth-order valence-corrected chi connectivity index (χ4v) is 0.970. The quantitative estimate of drug-likeness (QED) is 0.738. The zero-order chi connectivity index (χ0) is 10.4. The molecule has 0 bridgehead atoms. The van der Waals surface area contributed by atoms with Crippen molar-refractivity contribution in [2.75, 3.05) is 6.54 Å². The highest BCUT2D eigenvalue weighted by molar-refractivity contribution is 6.04. The molecule has 0 aliphatic rings. The van der Waals surface area contributed by atoms with Gasteiger partial charge < -0.3 is 5.32 Å². The summed E-state index contributed by atoms with van der Waals surface area (Å²) >= 11 is 0. The summed E-state index contributed by atoms with van der Waals surface area (Å²) in [6.07, 6.45) is 0. The van der Waals surface area contributed by atoms with Crippen LogP contribution in [0.25, 0.3) is 0 Å². The average Bonchev–Trinajstić information content (AvgIpc) is 2.19. The first kappa shape index (κ1) is 10.2. The monoisotopic (exact) mass is 192 g/mol. The van der Waals surface area contributed by atoms with Gasteiger partial charge in [-0.3, -0.25) is 10.1 Å². The number of hydrogen-bond donors (Lipinski definition) is 2. The zero-order valence-corrected chi connectivity index (χ0v) is 7.91. The normalized spacial score (nSPS) is 9.21. The van der Waals surface area contributed by atoms with E-state index in [2.05, 4.69) is 10.6 Å². The number of amides is 3. The molecule has 0 saturated carbocycles. The molecular formula is C10H12N2O2. The first-order valence-corrected chi connectivity index (χ1v) is 4.38. The number of rotatable bonds is 2. The Morgan fingerprint density at radius 1 is 1.21 bits per heavy atom. The molecule has 1 aromatic rings. The maximum Gasteiger partial charge on any atom is 0.321 e. The van der Waals surface area contributed by atoms with E-state index in [4.69, 9.17) is 0 Å². The molecule has 4 heteroatoms. The molecule has 0 aliphatic heterocycles. The molecule has 0 aromatic heterocycles. The van der Waals surface area contributed by atoms with Crippen LogP contribution in [0.2, 0.25) is 0 Å². The Balaban J connectivity index is 2.55. The molecule has 0 atom stereocenters. The summed E-state index contributed by atoms with van der Waals surface area (Å²) in [6, 6.07) is 8.12. The largest absolute Gasteiger partial charge is 0.338 e. The van der Waals surface area contributed by atoms with Crippen molar-refractivity contribution in [1.82, 2.24) is 10.6 Å².